The normalized spacial score (nSPS) is 20.2. The molecule has 0 fully saturated rings. The van der Waals surface area contributed by atoms with Gasteiger partial charge in [-0.2, -0.15) is 0 Å². The summed E-state index contributed by atoms with van der Waals surface area (Å²) in [7, 11) is 6.02. The summed E-state index contributed by atoms with van der Waals surface area (Å²) in [6.07, 6.45) is 1.38. The number of methoxy groups -OCH3 is 1. The van der Waals surface area contributed by atoms with E-state index in [1.165, 1.54) is 16.9 Å². The SMILES string of the molecule is COc1c2c(cc3c1[C@H](CC(=O)c1cccs1)[N+](C)(C)CC3)OCO2. The van der Waals surface area contributed by atoms with Crippen molar-refractivity contribution in [3.05, 3.63) is 39.6 Å². The van der Waals surface area contributed by atoms with Gasteiger partial charge in [-0.05, 0) is 23.1 Å². The second kappa shape index (κ2) is 6.04. The number of fused-ring (bicyclic) bond motifs is 2. The number of thiophene rings is 1. The van der Waals surface area contributed by atoms with Crippen LogP contribution >= 0.6 is 11.3 Å². The van der Waals surface area contributed by atoms with Gasteiger partial charge in [-0.25, -0.2) is 0 Å². The van der Waals surface area contributed by atoms with Crippen LogP contribution in [0.4, 0.5) is 0 Å². The Labute approximate surface area is 151 Å². The number of nitrogens with zero attached hydrogens (tertiary/aromatic N) is 1. The topological polar surface area (TPSA) is 44.8 Å². The Hall–Kier alpha value is -2.05. The van der Waals surface area contributed by atoms with E-state index in [0.717, 1.165) is 39.4 Å². The Kier molecular flexibility index (Phi) is 3.96. The van der Waals surface area contributed by atoms with Crippen LogP contribution in [0, 0.1) is 0 Å². The van der Waals surface area contributed by atoms with E-state index in [4.69, 9.17) is 14.2 Å². The second-order valence-electron chi connectivity index (χ2n) is 7.09. The van der Waals surface area contributed by atoms with Gasteiger partial charge in [-0.15, -0.1) is 11.3 Å². The van der Waals surface area contributed by atoms with Gasteiger partial charge in [0.05, 0.1) is 44.6 Å². The minimum atomic E-state index is 0.0304. The number of hydrogen-bond acceptors (Lipinski definition) is 5. The number of ketones is 1. The van der Waals surface area contributed by atoms with E-state index in [1.54, 1.807) is 7.11 Å². The van der Waals surface area contributed by atoms with Crippen molar-refractivity contribution in [1.82, 2.24) is 0 Å². The van der Waals surface area contributed by atoms with Crippen LogP contribution in [0.1, 0.15) is 33.3 Å². The van der Waals surface area contributed by atoms with Gasteiger partial charge < -0.3 is 18.7 Å². The van der Waals surface area contributed by atoms with Crippen LogP contribution in [0.5, 0.6) is 17.2 Å². The van der Waals surface area contributed by atoms with Crippen molar-refractivity contribution < 1.29 is 23.5 Å². The summed E-state index contributed by atoms with van der Waals surface area (Å²) < 4.78 is 17.7. The minimum Gasteiger partial charge on any atom is -0.492 e. The van der Waals surface area contributed by atoms with Crippen molar-refractivity contribution in [2.45, 2.75) is 18.9 Å². The standard InChI is InChI=1S/C19H22NO4S/c1-20(2)7-6-12-9-15-18(24-11-23-15)19(22-3)17(12)13(20)10-14(21)16-5-4-8-25-16/h4-5,8-9,13H,6-7,10-11H2,1-3H3/q+1/t13-/m0/s1. The molecule has 0 bridgehead atoms. The van der Waals surface area contributed by atoms with Crippen molar-refractivity contribution in [1.29, 1.82) is 0 Å². The molecule has 4 rings (SSSR count). The summed E-state index contributed by atoms with van der Waals surface area (Å²) in [5.74, 6) is 2.31. The summed E-state index contributed by atoms with van der Waals surface area (Å²) in [5.41, 5.74) is 2.29. The zero-order valence-corrected chi connectivity index (χ0v) is 15.5. The number of hydrogen-bond donors (Lipinski definition) is 0. The van der Waals surface area contributed by atoms with Gasteiger partial charge in [0.2, 0.25) is 12.5 Å². The molecule has 0 radical (unpaired) electrons. The Balaban J connectivity index is 1.80. The fourth-order valence-corrected chi connectivity index (χ4v) is 4.50. The molecule has 2 aliphatic rings. The summed E-state index contributed by atoms with van der Waals surface area (Å²) in [4.78, 5) is 13.6. The lowest BCUT2D eigenvalue weighted by atomic mass is 9.86. The number of quaternary nitrogens is 1. The third-order valence-corrected chi connectivity index (χ3v) is 6.17. The summed E-state index contributed by atoms with van der Waals surface area (Å²) in [5, 5.41) is 1.95. The van der Waals surface area contributed by atoms with Crippen LogP contribution in [-0.4, -0.2) is 44.8 Å². The van der Waals surface area contributed by atoms with Gasteiger partial charge in [0.25, 0.3) is 0 Å². The second-order valence-corrected chi connectivity index (χ2v) is 8.04. The molecule has 5 nitrogen and oxygen atoms in total. The third kappa shape index (κ3) is 2.69. The van der Waals surface area contributed by atoms with Crippen LogP contribution in [0.25, 0.3) is 0 Å². The Morgan fingerprint density at radius 1 is 1.40 bits per heavy atom. The average Bonchev–Trinajstić information content (AvgIpc) is 3.26. The van der Waals surface area contributed by atoms with E-state index in [9.17, 15) is 4.79 Å². The Bertz CT molecular complexity index is 813. The van der Waals surface area contributed by atoms with Gasteiger partial charge in [-0.3, -0.25) is 4.79 Å². The molecule has 0 N–H and O–H groups in total. The molecule has 3 heterocycles. The molecule has 1 aromatic heterocycles. The quantitative estimate of drug-likeness (QED) is 0.619. The monoisotopic (exact) mass is 360 g/mol. The molecular weight excluding hydrogens is 338 g/mol. The highest BCUT2D eigenvalue weighted by Crippen LogP contribution is 2.51. The lowest BCUT2D eigenvalue weighted by molar-refractivity contribution is -0.922. The van der Waals surface area contributed by atoms with Crippen LogP contribution in [0.3, 0.4) is 0 Å². The zero-order valence-electron chi connectivity index (χ0n) is 14.7. The third-order valence-electron chi connectivity index (χ3n) is 5.26. The molecule has 6 heteroatoms. The molecular formula is C19H22NO4S+. The number of ether oxygens (including phenoxy) is 3. The number of carbonyl (C=O) groups is 1. The van der Waals surface area contributed by atoms with Crippen molar-refractivity contribution in [3.63, 3.8) is 0 Å². The predicted molar refractivity (Wildman–Crippen MR) is 95.8 cm³/mol. The van der Waals surface area contributed by atoms with Gasteiger partial charge >= 0.3 is 0 Å². The molecule has 0 saturated carbocycles. The molecule has 0 saturated heterocycles. The first kappa shape index (κ1) is 16.4. The molecule has 2 aromatic rings. The first-order valence-corrected chi connectivity index (χ1v) is 9.28. The highest BCUT2D eigenvalue weighted by atomic mass is 32.1. The predicted octanol–water partition coefficient (Wildman–Crippen LogP) is 3.43. The van der Waals surface area contributed by atoms with E-state index < -0.39 is 0 Å². The maximum absolute atomic E-state index is 12.8. The van der Waals surface area contributed by atoms with Crippen LogP contribution < -0.4 is 14.2 Å². The largest absolute Gasteiger partial charge is 0.492 e. The van der Waals surface area contributed by atoms with Gasteiger partial charge in [0.1, 0.15) is 6.04 Å². The highest BCUT2D eigenvalue weighted by Gasteiger charge is 2.42. The molecule has 2 aliphatic heterocycles. The Morgan fingerprint density at radius 3 is 2.96 bits per heavy atom. The van der Waals surface area contributed by atoms with Crippen molar-refractivity contribution in [2.24, 2.45) is 0 Å². The average molecular weight is 360 g/mol. The lowest BCUT2D eigenvalue weighted by Gasteiger charge is -2.43. The first-order valence-electron chi connectivity index (χ1n) is 8.40. The molecule has 25 heavy (non-hydrogen) atoms. The van der Waals surface area contributed by atoms with Crippen LogP contribution in [-0.2, 0) is 6.42 Å². The van der Waals surface area contributed by atoms with Gasteiger partial charge in [0, 0.05) is 6.42 Å². The summed E-state index contributed by atoms with van der Waals surface area (Å²) in [6.45, 7) is 1.18. The maximum Gasteiger partial charge on any atom is 0.231 e. The molecule has 0 spiro atoms. The van der Waals surface area contributed by atoms with E-state index in [0.29, 0.717) is 12.2 Å². The van der Waals surface area contributed by atoms with Gasteiger partial charge in [0.15, 0.2) is 17.3 Å². The zero-order chi connectivity index (χ0) is 17.6. The van der Waals surface area contributed by atoms with E-state index in [1.807, 2.05) is 17.5 Å². The highest BCUT2D eigenvalue weighted by molar-refractivity contribution is 7.12. The molecule has 0 aliphatic carbocycles. The number of likely N-dealkylation sites (N-methyl/N-ethyl adjacent to an activating group) is 1. The lowest BCUT2D eigenvalue weighted by Crippen LogP contribution is -2.48. The smallest absolute Gasteiger partial charge is 0.231 e. The Morgan fingerprint density at radius 2 is 2.24 bits per heavy atom. The summed E-state index contributed by atoms with van der Waals surface area (Å²) >= 11 is 1.50. The number of Topliss-reactive ketones (excluding diaryl/α,β-unsaturated/α-hetero) is 1. The molecule has 1 atom stereocenters. The van der Waals surface area contributed by atoms with Crippen molar-refractivity contribution in [3.8, 4) is 17.2 Å². The first-order chi connectivity index (χ1) is 12.0. The van der Waals surface area contributed by atoms with E-state index in [2.05, 4.69) is 20.2 Å². The maximum atomic E-state index is 12.8. The number of benzene rings is 1. The molecule has 1 aromatic carbocycles. The van der Waals surface area contributed by atoms with Crippen LogP contribution in [0.2, 0.25) is 0 Å². The summed E-state index contributed by atoms with van der Waals surface area (Å²) in [6, 6.07) is 5.91. The molecule has 132 valence electrons. The number of rotatable bonds is 4. The molecule has 0 unspecified atom stereocenters. The minimum absolute atomic E-state index is 0.0304. The van der Waals surface area contributed by atoms with Crippen LogP contribution in [0.15, 0.2) is 23.6 Å². The number of carbonyl (C=O) groups excluding carboxylic acids is 1. The fraction of sp³-hybridized carbons (Fsp3) is 0.421. The molecule has 0 amide bonds. The fourth-order valence-electron chi connectivity index (χ4n) is 3.83. The van der Waals surface area contributed by atoms with Gasteiger partial charge in [-0.1, -0.05) is 6.07 Å². The van der Waals surface area contributed by atoms with E-state index >= 15 is 0 Å². The van der Waals surface area contributed by atoms with Crippen molar-refractivity contribution in [2.75, 3.05) is 34.5 Å². The van der Waals surface area contributed by atoms with E-state index in [-0.39, 0.29) is 18.6 Å². The van der Waals surface area contributed by atoms with Crippen molar-refractivity contribution >= 4 is 17.1 Å².